The first-order chi connectivity index (χ1) is 14.4. The summed E-state index contributed by atoms with van der Waals surface area (Å²) in [5.74, 6) is 0.973. The van der Waals surface area contributed by atoms with Gasteiger partial charge in [0.2, 0.25) is 0 Å². The molecular formula is C24H31FN2O3. The maximum absolute atomic E-state index is 13.1. The van der Waals surface area contributed by atoms with Crippen LogP contribution >= 0.6 is 0 Å². The first-order valence-electron chi connectivity index (χ1n) is 10.5. The molecule has 5 nitrogen and oxygen atoms in total. The molecule has 0 radical (unpaired) electrons. The fraction of sp³-hybridized carbons (Fsp3) is 0.458. The highest BCUT2D eigenvalue weighted by atomic mass is 19.1. The number of ether oxygens (including phenoxy) is 2. The van der Waals surface area contributed by atoms with Gasteiger partial charge in [0.05, 0.1) is 7.11 Å². The van der Waals surface area contributed by atoms with Crippen LogP contribution in [0.5, 0.6) is 11.5 Å². The number of carbonyl (C=O) groups is 1. The van der Waals surface area contributed by atoms with Crippen LogP contribution in [0.2, 0.25) is 0 Å². The lowest BCUT2D eigenvalue weighted by atomic mass is 10.1. The first-order valence-corrected chi connectivity index (χ1v) is 10.5. The molecule has 2 atom stereocenters. The summed E-state index contributed by atoms with van der Waals surface area (Å²) >= 11 is 0. The van der Waals surface area contributed by atoms with Crippen LogP contribution in [0.25, 0.3) is 0 Å². The summed E-state index contributed by atoms with van der Waals surface area (Å²) in [4.78, 5) is 17.1. The number of hydrogen-bond donors (Lipinski definition) is 0. The quantitative estimate of drug-likeness (QED) is 0.689. The average Bonchev–Trinajstić information content (AvgIpc) is 2.75. The van der Waals surface area contributed by atoms with Gasteiger partial charge in [-0.1, -0.05) is 25.1 Å². The smallest absolute Gasteiger partial charge is 0.260 e. The summed E-state index contributed by atoms with van der Waals surface area (Å²) in [7, 11) is 1.60. The second kappa shape index (κ2) is 9.94. The van der Waals surface area contributed by atoms with Crippen LogP contribution in [0.3, 0.4) is 0 Å². The third kappa shape index (κ3) is 5.30. The third-order valence-electron chi connectivity index (χ3n) is 5.72. The molecule has 2 aromatic rings. The third-order valence-corrected chi connectivity index (χ3v) is 5.72. The van der Waals surface area contributed by atoms with Crippen molar-refractivity contribution in [3.8, 4) is 11.5 Å². The fourth-order valence-electron chi connectivity index (χ4n) is 3.86. The number of methoxy groups -OCH3 is 1. The lowest BCUT2D eigenvalue weighted by Gasteiger charge is -2.44. The molecular weight excluding hydrogens is 383 g/mol. The zero-order chi connectivity index (χ0) is 21.7. The van der Waals surface area contributed by atoms with Crippen molar-refractivity contribution in [3.05, 3.63) is 59.4 Å². The van der Waals surface area contributed by atoms with E-state index in [1.165, 1.54) is 12.1 Å². The maximum atomic E-state index is 13.1. The van der Waals surface area contributed by atoms with Gasteiger partial charge in [0.25, 0.3) is 5.91 Å². The van der Waals surface area contributed by atoms with Crippen LogP contribution in [0.1, 0.15) is 31.9 Å². The van der Waals surface area contributed by atoms with Gasteiger partial charge in [-0.05, 0) is 55.7 Å². The predicted octanol–water partition coefficient (Wildman–Crippen LogP) is 3.90. The van der Waals surface area contributed by atoms with Crippen molar-refractivity contribution >= 4 is 5.91 Å². The Morgan fingerprint density at radius 3 is 2.40 bits per heavy atom. The second-order valence-corrected chi connectivity index (χ2v) is 7.93. The summed E-state index contributed by atoms with van der Waals surface area (Å²) in [6.45, 7) is 8.37. The molecule has 6 heteroatoms. The van der Waals surface area contributed by atoms with Crippen molar-refractivity contribution < 1.29 is 18.7 Å². The van der Waals surface area contributed by atoms with E-state index in [1.807, 2.05) is 35.2 Å². The number of rotatable bonds is 7. The maximum Gasteiger partial charge on any atom is 0.260 e. The number of halogens is 1. The summed E-state index contributed by atoms with van der Waals surface area (Å²) < 4.78 is 24.3. The number of carbonyl (C=O) groups excluding carboxylic acids is 1. The van der Waals surface area contributed by atoms with Gasteiger partial charge in [0.1, 0.15) is 5.82 Å². The number of amides is 1. The zero-order valence-electron chi connectivity index (χ0n) is 18.2. The largest absolute Gasteiger partial charge is 0.493 e. The molecule has 0 spiro atoms. The van der Waals surface area contributed by atoms with Crippen molar-refractivity contribution in [3.63, 3.8) is 0 Å². The summed E-state index contributed by atoms with van der Waals surface area (Å²) in [6.07, 6.45) is 0.910. The molecule has 1 heterocycles. The molecule has 1 fully saturated rings. The second-order valence-electron chi connectivity index (χ2n) is 7.93. The predicted molar refractivity (Wildman–Crippen MR) is 115 cm³/mol. The zero-order valence-corrected chi connectivity index (χ0v) is 18.2. The Bertz CT molecular complexity index is 856. The Hall–Kier alpha value is -2.60. The van der Waals surface area contributed by atoms with E-state index in [2.05, 4.69) is 25.7 Å². The fourth-order valence-corrected chi connectivity index (χ4v) is 3.86. The van der Waals surface area contributed by atoms with Gasteiger partial charge in [-0.3, -0.25) is 9.69 Å². The van der Waals surface area contributed by atoms with E-state index in [9.17, 15) is 9.18 Å². The minimum absolute atomic E-state index is 0.0170. The molecule has 0 bridgehead atoms. The van der Waals surface area contributed by atoms with Gasteiger partial charge in [-0.2, -0.15) is 0 Å². The molecule has 0 N–H and O–H groups in total. The van der Waals surface area contributed by atoms with Gasteiger partial charge in [-0.15, -0.1) is 0 Å². The molecule has 2 aromatic carbocycles. The van der Waals surface area contributed by atoms with E-state index in [1.54, 1.807) is 7.11 Å². The average molecular weight is 415 g/mol. The molecule has 0 unspecified atom stereocenters. The van der Waals surface area contributed by atoms with E-state index >= 15 is 0 Å². The van der Waals surface area contributed by atoms with Crippen LogP contribution in [-0.4, -0.2) is 54.6 Å². The molecule has 1 aliphatic rings. The van der Waals surface area contributed by atoms with Crippen LogP contribution < -0.4 is 9.47 Å². The topological polar surface area (TPSA) is 42.0 Å². The number of nitrogens with zero attached hydrogens (tertiary/aromatic N) is 2. The Labute approximate surface area is 178 Å². The van der Waals surface area contributed by atoms with E-state index < -0.39 is 0 Å². The molecule has 0 aromatic heterocycles. The van der Waals surface area contributed by atoms with Gasteiger partial charge in [0, 0.05) is 31.7 Å². The van der Waals surface area contributed by atoms with Crippen molar-refractivity contribution in [1.29, 1.82) is 0 Å². The van der Waals surface area contributed by atoms with Crippen molar-refractivity contribution in [2.45, 2.75) is 45.8 Å². The molecule has 1 aliphatic heterocycles. The van der Waals surface area contributed by atoms with Gasteiger partial charge >= 0.3 is 0 Å². The number of benzene rings is 2. The van der Waals surface area contributed by atoms with Gasteiger partial charge in [0.15, 0.2) is 18.1 Å². The van der Waals surface area contributed by atoms with E-state index in [-0.39, 0.29) is 30.4 Å². The lowest BCUT2D eigenvalue weighted by molar-refractivity contribution is -0.139. The molecule has 3 rings (SSSR count). The highest BCUT2D eigenvalue weighted by molar-refractivity contribution is 5.78. The van der Waals surface area contributed by atoms with Crippen LogP contribution in [0.4, 0.5) is 4.39 Å². The van der Waals surface area contributed by atoms with Crippen molar-refractivity contribution in [1.82, 2.24) is 9.80 Å². The Morgan fingerprint density at radius 2 is 1.73 bits per heavy atom. The molecule has 162 valence electrons. The van der Waals surface area contributed by atoms with E-state index in [0.717, 1.165) is 30.6 Å². The van der Waals surface area contributed by atoms with E-state index in [0.29, 0.717) is 18.0 Å². The molecule has 0 saturated carbocycles. The minimum Gasteiger partial charge on any atom is -0.493 e. The summed E-state index contributed by atoms with van der Waals surface area (Å²) in [5.41, 5.74) is 2.23. The van der Waals surface area contributed by atoms with Crippen LogP contribution in [-0.2, 0) is 17.8 Å². The van der Waals surface area contributed by atoms with Crippen LogP contribution in [0.15, 0.2) is 42.5 Å². The first kappa shape index (κ1) is 22.1. The highest BCUT2D eigenvalue weighted by Crippen LogP contribution is 2.28. The van der Waals surface area contributed by atoms with Gasteiger partial charge < -0.3 is 14.4 Å². The lowest BCUT2D eigenvalue weighted by Crippen LogP contribution is -2.58. The number of aryl methyl sites for hydroxylation is 1. The van der Waals surface area contributed by atoms with Crippen molar-refractivity contribution in [2.24, 2.45) is 0 Å². The molecule has 1 saturated heterocycles. The van der Waals surface area contributed by atoms with Crippen LogP contribution in [0, 0.1) is 5.82 Å². The Balaban J connectivity index is 1.58. The minimum atomic E-state index is -0.225. The highest BCUT2D eigenvalue weighted by Gasteiger charge is 2.32. The van der Waals surface area contributed by atoms with Gasteiger partial charge in [-0.25, -0.2) is 4.39 Å². The molecule has 30 heavy (non-hydrogen) atoms. The summed E-state index contributed by atoms with van der Waals surface area (Å²) in [6, 6.07) is 12.7. The number of piperazine rings is 1. The SMILES string of the molecule is CCc1ccc(OCC(=O)N2C[C@H](C)N(Cc3ccc(F)cc3)C[C@H]2C)c(OC)c1. The monoisotopic (exact) mass is 414 g/mol. The molecule has 1 amide bonds. The van der Waals surface area contributed by atoms with E-state index in [4.69, 9.17) is 9.47 Å². The molecule has 0 aliphatic carbocycles. The summed E-state index contributed by atoms with van der Waals surface area (Å²) in [5, 5.41) is 0. The van der Waals surface area contributed by atoms with Crippen molar-refractivity contribution in [2.75, 3.05) is 26.8 Å². The number of hydrogen-bond acceptors (Lipinski definition) is 4. The Morgan fingerprint density at radius 1 is 1.03 bits per heavy atom. The Kier molecular flexibility index (Phi) is 7.32. The normalized spacial score (nSPS) is 19.6. The standard InChI is InChI=1S/C24H31FN2O3/c1-5-19-8-11-22(23(12-19)29-4)30-16-24(28)27-14-17(2)26(13-18(27)3)15-20-6-9-21(25)10-7-20/h6-12,17-18H,5,13-16H2,1-4H3/t17-,18+/m0/s1.